The van der Waals surface area contributed by atoms with Crippen molar-refractivity contribution in [2.45, 2.75) is 6.92 Å². The number of nitro benzene ring substituents is 1. The van der Waals surface area contributed by atoms with Crippen LogP contribution >= 0.6 is 0 Å². The molecule has 0 saturated carbocycles. The van der Waals surface area contributed by atoms with E-state index >= 15 is 0 Å². The van der Waals surface area contributed by atoms with E-state index in [0.717, 1.165) is 15.2 Å². The van der Waals surface area contributed by atoms with Gasteiger partial charge in [-0.15, -0.1) is 0 Å². The normalized spacial score (nSPS) is 10.6. The molecule has 0 unspecified atom stereocenters. The second-order valence-corrected chi connectivity index (χ2v) is 5.05. The molecule has 23 heavy (non-hydrogen) atoms. The molecule has 0 radical (unpaired) electrons. The van der Waals surface area contributed by atoms with Crippen LogP contribution in [-0.2, 0) is 14.1 Å². The average molecular weight is 318 g/mol. The number of nitrogen functional groups attached to an aromatic ring is 1. The van der Waals surface area contributed by atoms with Gasteiger partial charge in [-0.25, -0.2) is 4.79 Å². The number of nitrogens with zero attached hydrogens (tertiary/aromatic N) is 3. The number of benzene rings is 1. The van der Waals surface area contributed by atoms with Crippen molar-refractivity contribution in [3.05, 3.63) is 65.8 Å². The van der Waals surface area contributed by atoms with Gasteiger partial charge in [0, 0.05) is 31.3 Å². The van der Waals surface area contributed by atoms with Crippen LogP contribution in [0.25, 0.3) is 0 Å². The van der Waals surface area contributed by atoms with Gasteiger partial charge in [0.2, 0.25) is 5.78 Å². The van der Waals surface area contributed by atoms with E-state index in [1.165, 1.54) is 33.2 Å². The van der Waals surface area contributed by atoms with Gasteiger partial charge >= 0.3 is 5.69 Å². The minimum Gasteiger partial charge on any atom is -0.384 e. The van der Waals surface area contributed by atoms with Crippen molar-refractivity contribution >= 4 is 17.3 Å². The first-order valence-electron chi connectivity index (χ1n) is 6.52. The fraction of sp³-hybridized carbons (Fsp3) is 0.214. The number of carbonyl (C=O) groups excluding carboxylic acids is 1. The summed E-state index contributed by atoms with van der Waals surface area (Å²) in [5.74, 6) is -1.06. The van der Waals surface area contributed by atoms with Crippen LogP contribution in [0.1, 0.15) is 21.5 Å². The van der Waals surface area contributed by atoms with Gasteiger partial charge in [0.1, 0.15) is 11.4 Å². The predicted octanol–water partition coefficient (Wildman–Crippen LogP) is 0.114. The number of ketones is 1. The Labute approximate surface area is 129 Å². The Bertz CT molecular complexity index is 955. The molecule has 9 heteroatoms. The molecule has 1 heterocycles. The number of hydrogen-bond acceptors (Lipinski definition) is 6. The maximum Gasteiger partial charge on any atom is 0.332 e. The fourth-order valence-electron chi connectivity index (χ4n) is 2.16. The minimum atomic E-state index is -0.848. The summed E-state index contributed by atoms with van der Waals surface area (Å²) < 4.78 is 1.73. The average Bonchev–Trinajstić information content (AvgIpc) is 2.51. The lowest BCUT2D eigenvalue weighted by Gasteiger charge is -2.11. The van der Waals surface area contributed by atoms with Crippen LogP contribution in [0.4, 0.5) is 11.5 Å². The van der Waals surface area contributed by atoms with Gasteiger partial charge < -0.3 is 5.73 Å². The molecule has 2 aromatic rings. The zero-order chi connectivity index (χ0) is 17.5. The Kier molecular flexibility index (Phi) is 3.87. The molecular formula is C14H14N4O5. The number of aryl methyl sites for hydroxylation is 1. The third-order valence-electron chi connectivity index (χ3n) is 3.60. The van der Waals surface area contributed by atoms with E-state index in [9.17, 15) is 24.5 Å². The van der Waals surface area contributed by atoms with Crippen LogP contribution in [0, 0.1) is 17.0 Å². The van der Waals surface area contributed by atoms with Crippen LogP contribution in [-0.4, -0.2) is 19.8 Å². The molecule has 0 aliphatic rings. The maximum absolute atomic E-state index is 12.6. The number of nitrogens with two attached hydrogens (primary N) is 1. The van der Waals surface area contributed by atoms with Crippen molar-refractivity contribution < 1.29 is 9.72 Å². The Hall–Kier alpha value is -3.23. The van der Waals surface area contributed by atoms with Crippen LogP contribution in [0.5, 0.6) is 0 Å². The molecule has 1 aromatic heterocycles. The Morgan fingerprint density at radius 2 is 1.83 bits per heavy atom. The number of rotatable bonds is 3. The summed E-state index contributed by atoms with van der Waals surface area (Å²) in [6.45, 7) is 1.53. The molecule has 120 valence electrons. The number of hydrogen-bond donors (Lipinski definition) is 1. The van der Waals surface area contributed by atoms with Gasteiger partial charge in [0.05, 0.1) is 4.92 Å². The van der Waals surface area contributed by atoms with Crippen molar-refractivity contribution in [1.29, 1.82) is 0 Å². The predicted molar refractivity (Wildman–Crippen MR) is 82.6 cm³/mol. The summed E-state index contributed by atoms with van der Waals surface area (Å²) >= 11 is 0. The van der Waals surface area contributed by atoms with E-state index in [-0.39, 0.29) is 17.1 Å². The highest BCUT2D eigenvalue weighted by molar-refractivity contribution is 6.11. The topological polar surface area (TPSA) is 130 Å². The van der Waals surface area contributed by atoms with Gasteiger partial charge in [0.25, 0.3) is 11.2 Å². The first kappa shape index (κ1) is 16.1. The SMILES string of the molecule is Cc1ccc(C(=O)c2c(N)n(C)c(=O)n(C)c2=O)cc1[N+](=O)[O-]. The zero-order valence-electron chi connectivity index (χ0n) is 12.7. The smallest absolute Gasteiger partial charge is 0.332 e. The number of aromatic nitrogens is 2. The van der Waals surface area contributed by atoms with Crippen molar-refractivity contribution in [3.8, 4) is 0 Å². The Morgan fingerprint density at radius 3 is 2.39 bits per heavy atom. The van der Waals surface area contributed by atoms with E-state index in [4.69, 9.17) is 5.73 Å². The van der Waals surface area contributed by atoms with Crippen LogP contribution in [0.2, 0.25) is 0 Å². The van der Waals surface area contributed by atoms with E-state index in [2.05, 4.69) is 0 Å². The van der Waals surface area contributed by atoms with Gasteiger partial charge in [0.15, 0.2) is 0 Å². The highest BCUT2D eigenvalue weighted by Crippen LogP contribution is 2.21. The van der Waals surface area contributed by atoms with E-state index in [0.29, 0.717) is 5.56 Å². The van der Waals surface area contributed by atoms with Gasteiger partial charge in [-0.2, -0.15) is 0 Å². The molecule has 0 amide bonds. The molecule has 0 fully saturated rings. The molecular weight excluding hydrogens is 304 g/mol. The monoisotopic (exact) mass is 318 g/mol. The summed E-state index contributed by atoms with van der Waals surface area (Å²) in [7, 11) is 2.55. The molecule has 0 spiro atoms. The minimum absolute atomic E-state index is 0.0512. The van der Waals surface area contributed by atoms with Crippen LogP contribution < -0.4 is 17.0 Å². The summed E-state index contributed by atoms with van der Waals surface area (Å²) in [6.07, 6.45) is 0. The summed E-state index contributed by atoms with van der Waals surface area (Å²) in [6, 6.07) is 3.87. The third kappa shape index (κ3) is 2.52. The molecule has 0 aliphatic heterocycles. The second-order valence-electron chi connectivity index (χ2n) is 5.05. The summed E-state index contributed by atoms with van der Waals surface area (Å²) in [5.41, 5.74) is 3.89. The van der Waals surface area contributed by atoms with Gasteiger partial charge in [-0.3, -0.25) is 28.8 Å². The maximum atomic E-state index is 12.6. The quantitative estimate of drug-likeness (QED) is 0.485. The lowest BCUT2D eigenvalue weighted by molar-refractivity contribution is -0.385. The number of anilines is 1. The van der Waals surface area contributed by atoms with Crippen molar-refractivity contribution in [2.24, 2.45) is 14.1 Å². The van der Waals surface area contributed by atoms with Crippen molar-refractivity contribution in [1.82, 2.24) is 9.13 Å². The largest absolute Gasteiger partial charge is 0.384 e. The highest BCUT2D eigenvalue weighted by Gasteiger charge is 2.23. The molecule has 0 saturated heterocycles. The lowest BCUT2D eigenvalue weighted by atomic mass is 10.0. The van der Waals surface area contributed by atoms with E-state index in [1.807, 2.05) is 0 Å². The van der Waals surface area contributed by atoms with Crippen LogP contribution in [0.3, 0.4) is 0 Å². The standard InChI is InChI=1S/C14H14N4O5/c1-7-4-5-8(6-9(7)18(22)23)11(19)10-12(15)16(2)14(21)17(3)13(10)20/h4-6H,15H2,1-3H3. The van der Waals surface area contributed by atoms with Crippen molar-refractivity contribution in [3.63, 3.8) is 0 Å². The Balaban J connectivity index is 2.73. The van der Waals surface area contributed by atoms with Gasteiger partial charge in [-0.1, -0.05) is 12.1 Å². The molecule has 0 atom stereocenters. The lowest BCUT2D eigenvalue weighted by Crippen LogP contribution is -2.41. The van der Waals surface area contributed by atoms with E-state index in [1.54, 1.807) is 0 Å². The third-order valence-corrected chi connectivity index (χ3v) is 3.60. The molecule has 0 aliphatic carbocycles. The second kappa shape index (κ2) is 5.52. The summed E-state index contributed by atoms with van der Waals surface area (Å²) in [4.78, 5) is 46.9. The molecule has 0 bridgehead atoms. The zero-order valence-corrected chi connectivity index (χ0v) is 12.7. The molecule has 1 aromatic carbocycles. The van der Waals surface area contributed by atoms with Crippen LogP contribution in [0.15, 0.2) is 27.8 Å². The first-order chi connectivity index (χ1) is 10.7. The van der Waals surface area contributed by atoms with Crippen molar-refractivity contribution in [2.75, 3.05) is 5.73 Å². The molecule has 9 nitrogen and oxygen atoms in total. The number of nitro groups is 1. The highest BCUT2D eigenvalue weighted by atomic mass is 16.6. The molecule has 2 N–H and O–H groups in total. The fourth-order valence-corrected chi connectivity index (χ4v) is 2.16. The molecule has 2 rings (SSSR count). The first-order valence-corrected chi connectivity index (χ1v) is 6.52. The van der Waals surface area contributed by atoms with E-state index < -0.39 is 27.5 Å². The summed E-state index contributed by atoms with van der Waals surface area (Å²) in [5, 5.41) is 11.0. The van der Waals surface area contributed by atoms with Gasteiger partial charge in [-0.05, 0) is 6.92 Å². The number of carbonyl (C=O) groups is 1. The Morgan fingerprint density at radius 1 is 1.22 bits per heavy atom.